The molecule has 2 heterocycles. The summed E-state index contributed by atoms with van der Waals surface area (Å²) in [5.74, 6) is 3.78. The lowest BCUT2D eigenvalue weighted by atomic mass is 10.1. The van der Waals surface area contributed by atoms with Crippen LogP contribution in [0.1, 0.15) is 19.3 Å². The molecule has 0 aromatic rings. The lowest BCUT2D eigenvalue weighted by Crippen LogP contribution is -2.52. The van der Waals surface area contributed by atoms with Crippen molar-refractivity contribution in [2.75, 3.05) is 20.2 Å². The van der Waals surface area contributed by atoms with Crippen LogP contribution in [-0.4, -0.2) is 61.1 Å². The van der Waals surface area contributed by atoms with Gasteiger partial charge in [-0.1, -0.05) is 5.92 Å². The Morgan fingerprint density at radius 1 is 1.41 bits per heavy atom. The van der Waals surface area contributed by atoms with E-state index in [0.29, 0.717) is 25.9 Å². The summed E-state index contributed by atoms with van der Waals surface area (Å²) >= 11 is 0. The van der Waals surface area contributed by atoms with E-state index < -0.39 is 18.0 Å². The van der Waals surface area contributed by atoms with Crippen LogP contribution in [0, 0.1) is 11.8 Å². The van der Waals surface area contributed by atoms with Crippen molar-refractivity contribution in [3.8, 4) is 11.8 Å². The molecule has 2 saturated heterocycles. The summed E-state index contributed by atoms with van der Waals surface area (Å²) in [5, 5.41) is 5.43. The highest BCUT2D eigenvalue weighted by molar-refractivity contribution is 5.92. The first-order chi connectivity index (χ1) is 10.5. The van der Waals surface area contributed by atoms with E-state index in [1.807, 2.05) is 0 Å². The molecule has 0 spiro atoms. The Kier molecular flexibility index (Phi) is 5.35. The van der Waals surface area contributed by atoms with Crippen molar-refractivity contribution in [2.24, 2.45) is 5.73 Å². The lowest BCUT2D eigenvalue weighted by Gasteiger charge is -2.27. The second-order valence-corrected chi connectivity index (χ2v) is 5.24. The molecule has 2 aliphatic rings. The van der Waals surface area contributed by atoms with Gasteiger partial charge in [-0.25, -0.2) is 0 Å². The summed E-state index contributed by atoms with van der Waals surface area (Å²) in [6, 6.07) is -1.05. The van der Waals surface area contributed by atoms with Gasteiger partial charge in [-0.05, 0) is 25.8 Å². The second kappa shape index (κ2) is 7.24. The van der Waals surface area contributed by atoms with Gasteiger partial charge in [0.25, 0.3) is 5.91 Å². The van der Waals surface area contributed by atoms with Crippen molar-refractivity contribution in [3.63, 3.8) is 0 Å². The third kappa shape index (κ3) is 3.75. The van der Waals surface area contributed by atoms with E-state index in [2.05, 4.69) is 22.5 Å². The fourth-order valence-electron chi connectivity index (χ4n) is 2.70. The van der Waals surface area contributed by atoms with Crippen LogP contribution in [0.15, 0.2) is 0 Å². The van der Waals surface area contributed by atoms with E-state index in [4.69, 9.17) is 10.5 Å². The smallest absolute Gasteiger partial charge is 0.293 e. The predicted molar refractivity (Wildman–Crippen MR) is 77.1 cm³/mol. The number of carbonyl (C=O) groups is 3. The molecule has 4 N–H and O–H groups in total. The lowest BCUT2D eigenvalue weighted by molar-refractivity contribution is -0.142. The Morgan fingerprint density at radius 3 is 2.86 bits per heavy atom. The number of nitrogens with zero attached hydrogens (tertiary/aromatic N) is 1. The average molecular weight is 308 g/mol. The maximum Gasteiger partial charge on any atom is 0.293 e. The Bertz CT molecular complexity index is 525. The van der Waals surface area contributed by atoms with Crippen LogP contribution in [0.4, 0.5) is 0 Å². The number of hydrogen-bond acceptors (Lipinski definition) is 5. The first-order valence-corrected chi connectivity index (χ1v) is 7.21. The maximum absolute atomic E-state index is 12.6. The monoisotopic (exact) mass is 308 g/mol. The van der Waals surface area contributed by atoms with Gasteiger partial charge in [-0.15, -0.1) is 0 Å². The normalized spacial score (nSPS) is 27.4. The molecule has 22 heavy (non-hydrogen) atoms. The molecule has 3 amide bonds. The molecule has 8 nitrogen and oxygen atoms in total. The fraction of sp³-hybridized carbons (Fsp3) is 0.643. The van der Waals surface area contributed by atoms with Crippen LogP contribution < -0.4 is 16.4 Å². The Morgan fingerprint density at radius 2 is 2.18 bits per heavy atom. The minimum atomic E-state index is -0.731. The number of nitrogens with one attached hydrogen (secondary N) is 2. The van der Waals surface area contributed by atoms with Gasteiger partial charge in [0, 0.05) is 6.42 Å². The third-order valence-electron chi connectivity index (χ3n) is 3.64. The number of rotatable bonds is 3. The molecular formula is C14H20N4O4. The summed E-state index contributed by atoms with van der Waals surface area (Å²) in [6.45, 7) is 0.520. The van der Waals surface area contributed by atoms with Crippen LogP contribution >= 0.6 is 0 Å². The number of carbonyl (C=O) groups excluding carboxylic acids is 3. The van der Waals surface area contributed by atoms with Crippen LogP contribution in [0.25, 0.3) is 0 Å². The summed E-state index contributed by atoms with van der Waals surface area (Å²) < 4.78 is 5.66. The van der Waals surface area contributed by atoms with Gasteiger partial charge >= 0.3 is 0 Å². The van der Waals surface area contributed by atoms with Crippen molar-refractivity contribution in [2.45, 2.75) is 37.6 Å². The molecule has 0 aliphatic carbocycles. The second-order valence-electron chi connectivity index (χ2n) is 5.24. The number of nitrogens with two attached hydrogens (primary N) is 1. The largest absolute Gasteiger partial charge is 0.359 e. The van der Waals surface area contributed by atoms with Crippen LogP contribution in [0.2, 0.25) is 0 Å². The van der Waals surface area contributed by atoms with Crippen LogP contribution in [0.3, 0.4) is 0 Å². The number of primary amides is 1. The van der Waals surface area contributed by atoms with Crippen molar-refractivity contribution in [1.82, 2.24) is 15.5 Å². The number of ether oxygens (including phenoxy) is 1. The molecule has 0 bridgehead atoms. The van der Waals surface area contributed by atoms with Crippen molar-refractivity contribution in [3.05, 3.63) is 0 Å². The van der Waals surface area contributed by atoms with Crippen molar-refractivity contribution < 1.29 is 19.1 Å². The molecule has 0 radical (unpaired) electrons. The average Bonchev–Trinajstić information content (AvgIpc) is 2.79. The SMILES string of the molecule is CNCC(=O)NC1CCOC2CCC(C#CC(N)=O)N2C1=O. The Hall–Kier alpha value is -2.11. The van der Waals surface area contributed by atoms with Gasteiger partial charge in [0.05, 0.1) is 19.2 Å². The van der Waals surface area contributed by atoms with Gasteiger partial charge in [-0.2, -0.15) is 0 Å². The molecule has 0 aromatic heterocycles. The highest BCUT2D eigenvalue weighted by Crippen LogP contribution is 2.28. The van der Waals surface area contributed by atoms with Gasteiger partial charge in [0.2, 0.25) is 11.8 Å². The van der Waals surface area contributed by atoms with Gasteiger partial charge in [0.15, 0.2) is 0 Å². The topological polar surface area (TPSA) is 114 Å². The highest BCUT2D eigenvalue weighted by Gasteiger charge is 2.42. The molecule has 2 fully saturated rings. The van der Waals surface area contributed by atoms with Crippen molar-refractivity contribution in [1.29, 1.82) is 0 Å². The first kappa shape index (κ1) is 16.3. The number of fused-ring (bicyclic) bond motifs is 1. The fourth-order valence-corrected chi connectivity index (χ4v) is 2.70. The van der Waals surface area contributed by atoms with E-state index in [1.165, 1.54) is 4.90 Å². The first-order valence-electron chi connectivity index (χ1n) is 7.21. The van der Waals surface area contributed by atoms with E-state index >= 15 is 0 Å². The number of amides is 3. The molecular weight excluding hydrogens is 288 g/mol. The molecule has 0 saturated carbocycles. The summed E-state index contributed by atoms with van der Waals surface area (Å²) in [4.78, 5) is 36.7. The van der Waals surface area contributed by atoms with Crippen LogP contribution in [0.5, 0.6) is 0 Å². The highest BCUT2D eigenvalue weighted by atomic mass is 16.5. The summed E-state index contributed by atoms with van der Waals surface area (Å²) in [7, 11) is 1.66. The minimum absolute atomic E-state index is 0.138. The summed E-state index contributed by atoms with van der Waals surface area (Å²) in [5.41, 5.74) is 5.02. The van der Waals surface area contributed by atoms with Gasteiger partial charge < -0.3 is 26.0 Å². The molecule has 8 heteroatoms. The number of likely N-dealkylation sites (N-methyl/N-ethyl adjacent to an activating group) is 1. The Labute approximate surface area is 128 Å². The zero-order chi connectivity index (χ0) is 16.1. The van der Waals surface area contributed by atoms with E-state index in [1.54, 1.807) is 7.05 Å². The van der Waals surface area contributed by atoms with E-state index in [0.717, 1.165) is 0 Å². The molecule has 3 unspecified atom stereocenters. The summed E-state index contributed by atoms with van der Waals surface area (Å²) in [6.07, 6.45) is 1.33. The third-order valence-corrected chi connectivity index (χ3v) is 3.64. The van der Waals surface area contributed by atoms with Gasteiger partial charge in [0.1, 0.15) is 12.3 Å². The molecule has 2 aliphatic heterocycles. The molecule has 0 aromatic carbocycles. The predicted octanol–water partition coefficient (Wildman–Crippen LogP) is -2.08. The quantitative estimate of drug-likeness (QED) is 0.518. The van der Waals surface area contributed by atoms with Crippen LogP contribution in [-0.2, 0) is 19.1 Å². The van der Waals surface area contributed by atoms with E-state index in [-0.39, 0.29) is 24.6 Å². The zero-order valence-corrected chi connectivity index (χ0v) is 12.4. The number of hydrogen-bond donors (Lipinski definition) is 3. The van der Waals surface area contributed by atoms with Gasteiger partial charge in [-0.3, -0.25) is 14.4 Å². The zero-order valence-electron chi connectivity index (χ0n) is 12.4. The molecule has 3 atom stereocenters. The van der Waals surface area contributed by atoms with Crippen molar-refractivity contribution >= 4 is 17.7 Å². The Balaban J connectivity index is 2.12. The molecule has 2 rings (SSSR count). The maximum atomic E-state index is 12.6. The van der Waals surface area contributed by atoms with E-state index in [9.17, 15) is 14.4 Å². The standard InChI is InChI=1S/C14H20N4O4/c1-16-8-12(20)17-10-6-7-22-13-5-3-9(2-4-11(15)19)18(13)14(10)21/h9-10,13,16H,3,5-8H2,1H3,(H2,15,19)(H,17,20). The minimum Gasteiger partial charge on any atom is -0.359 e. The molecule has 120 valence electrons.